The molecule has 0 bridgehead atoms. The Bertz CT molecular complexity index is 1150. The van der Waals surface area contributed by atoms with Gasteiger partial charge in [-0.2, -0.15) is 0 Å². The zero-order chi connectivity index (χ0) is 34.2. The highest BCUT2D eigenvalue weighted by Gasteiger charge is 2.59. The highest BCUT2D eigenvalue weighted by molar-refractivity contribution is 6.22. The van der Waals surface area contributed by atoms with Gasteiger partial charge in [0.15, 0.2) is 24.6 Å². The Balaban J connectivity index is 2.71. The van der Waals surface area contributed by atoms with E-state index in [2.05, 4.69) is 10.6 Å². The number of amides is 2. The maximum Gasteiger partial charge on any atom is 0.303 e. The van der Waals surface area contributed by atoms with Crippen LogP contribution in [0.4, 0.5) is 0 Å². The van der Waals surface area contributed by atoms with Gasteiger partial charge in [0.2, 0.25) is 11.8 Å². The van der Waals surface area contributed by atoms with Gasteiger partial charge in [0.1, 0.15) is 43.6 Å². The van der Waals surface area contributed by atoms with Gasteiger partial charge in [-0.15, -0.1) is 0 Å². The fraction of sp³-hybridized carbons (Fsp3) is 0.731. The van der Waals surface area contributed by atoms with E-state index in [0.29, 0.717) is 0 Å². The molecule has 10 atom stereocenters. The molecule has 2 fully saturated rings. The summed E-state index contributed by atoms with van der Waals surface area (Å²) in [5.74, 6) is -5.59. The van der Waals surface area contributed by atoms with Crippen LogP contribution in [0, 0.1) is 0 Å². The van der Waals surface area contributed by atoms with Gasteiger partial charge in [-0.05, 0) is 0 Å². The highest BCUT2D eigenvalue weighted by atomic mass is 35.5. The lowest BCUT2D eigenvalue weighted by molar-refractivity contribution is -0.338. The largest absolute Gasteiger partial charge is 0.463 e. The van der Waals surface area contributed by atoms with E-state index >= 15 is 0 Å². The van der Waals surface area contributed by atoms with E-state index in [-0.39, 0.29) is 0 Å². The van der Waals surface area contributed by atoms with Crippen molar-refractivity contribution in [2.24, 2.45) is 0 Å². The van der Waals surface area contributed by atoms with E-state index in [1.165, 1.54) is 0 Å². The average Bonchev–Trinajstić information content (AvgIpc) is 2.87. The van der Waals surface area contributed by atoms with Crippen molar-refractivity contribution in [3.63, 3.8) is 0 Å². The summed E-state index contributed by atoms with van der Waals surface area (Å²) in [6.45, 7) is 6.28. The molecule has 0 aromatic carbocycles. The smallest absolute Gasteiger partial charge is 0.303 e. The molecule has 0 spiro atoms. The molecule has 0 aromatic heterocycles. The number of nitrogens with one attached hydrogen (secondary N) is 2. The van der Waals surface area contributed by atoms with Crippen LogP contribution < -0.4 is 10.6 Å². The second kappa shape index (κ2) is 16.1. The number of hydrogen-bond donors (Lipinski definition) is 3. The summed E-state index contributed by atoms with van der Waals surface area (Å²) in [6, 6.07) is -3.16. The first kappa shape index (κ1) is 37.6. The van der Waals surface area contributed by atoms with Gasteiger partial charge in [0.05, 0.1) is 0 Å². The predicted octanol–water partition coefficient (Wildman–Crippen LogP) is -1.69. The number of carbonyl (C=O) groups excluding carboxylic acids is 7. The molecule has 2 amide bonds. The topological polar surface area (TPSA) is 238 Å². The molecule has 2 saturated heterocycles. The maximum atomic E-state index is 12.3. The second-order valence-corrected chi connectivity index (χ2v) is 10.7. The summed E-state index contributed by atoms with van der Waals surface area (Å²) in [5.41, 5.74) is 0. The van der Waals surface area contributed by atoms with Gasteiger partial charge in [0.25, 0.3) is 5.25 Å². The third-order valence-corrected chi connectivity index (χ3v) is 6.52. The van der Waals surface area contributed by atoms with Gasteiger partial charge < -0.3 is 53.6 Å². The Hall–Kier alpha value is -3.58. The molecule has 1 unspecified atom stereocenters. The zero-order valence-electron chi connectivity index (χ0n) is 25.6. The van der Waals surface area contributed by atoms with Gasteiger partial charge in [0, 0.05) is 48.5 Å². The second-order valence-electron chi connectivity index (χ2n) is 10.1. The van der Waals surface area contributed by atoms with Crippen LogP contribution in [-0.4, -0.2) is 120 Å². The number of rotatable bonds is 11. The minimum absolute atomic E-state index is 0.556. The normalized spacial score (nSPS) is 32.7. The molecule has 2 aliphatic rings. The third-order valence-electron chi connectivity index (χ3n) is 6.19. The zero-order valence-corrected chi connectivity index (χ0v) is 26.3. The number of ether oxygens (including phenoxy) is 8. The standard InChI is InChI=1S/C26H37ClN2O16/c1-10(30)28-19-22(41-15(6)35)20(40-14(5)34)17(8-38-12(3)32)43-25(19)44-21-18(9-39-13(4)33)45-26(27,37)24(29-11(2)31)23(21)42-16(7)36/h17-25,37H,8-9H2,1-7H3,(H,28,30)(H,29,31)/t17-,18-,19-,20-,21-,22-,23+,24-,25?,26-/m1/s1. The number of alkyl halides is 1. The molecular weight excluding hydrogens is 632 g/mol. The minimum atomic E-state index is -2.74. The van der Waals surface area contributed by atoms with Crippen molar-refractivity contribution in [2.45, 2.75) is 109 Å². The van der Waals surface area contributed by atoms with Crippen molar-refractivity contribution >= 4 is 53.3 Å². The summed E-state index contributed by atoms with van der Waals surface area (Å²) in [5, 5.41) is 13.0. The molecule has 0 saturated carbocycles. The Labute approximate surface area is 262 Å². The molecule has 254 valence electrons. The first-order chi connectivity index (χ1) is 20.8. The van der Waals surface area contributed by atoms with Gasteiger partial charge in [-0.3, -0.25) is 33.6 Å². The lowest BCUT2D eigenvalue weighted by Crippen LogP contribution is -2.72. The Morgan fingerprint density at radius 2 is 1.13 bits per heavy atom. The fourth-order valence-corrected chi connectivity index (χ4v) is 5.02. The van der Waals surface area contributed by atoms with Crippen LogP contribution in [0.25, 0.3) is 0 Å². The van der Waals surface area contributed by atoms with E-state index in [0.717, 1.165) is 48.5 Å². The van der Waals surface area contributed by atoms with E-state index in [1.807, 2.05) is 0 Å². The number of carbonyl (C=O) groups is 7. The summed E-state index contributed by atoms with van der Waals surface area (Å²) in [7, 11) is 0. The molecule has 2 heterocycles. The monoisotopic (exact) mass is 668 g/mol. The molecule has 18 nitrogen and oxygen atoms in total. The highest BCUT2D eigenvalue weighted by Crippen LogP contribution is 2.37. The minimum Gasteiger partial charge on any atom is -0.463 e. The van der Waals surface area contributed by atoms with Gasteiger partial charge in [-0.25, -0.2) is 0 Å². The van der Waals surface area contributed by atoms with Crippen molar-refractivity contribution in [2.75, 3.05) is 13.2 Å². The van der Waals surface area contributed by atoms with Crippen LogP contribution in [0.1, 0.15) is 48.5 Å². The van der Waals surface area contributed by atoms with Crippen molar-refractivity contribution in [1.82, 2.24) is 10.6 Å². The SMILES string of the molecule is CC(=O)N[C@@H]1[C@@H](OC(C)=O)[C@H](OC2O[C@H](COC(C)=O)[C@@H](OC(C)=O)[C@H](OC(C)=O)[C@H]2NC(C)=O)[C@@H](COC(C)=O)O[C@@]1(O)Cl. The van der Waals surface area contributed by atoms with E-state index in [9.17, 15) is 38.7 Å². The predicted molar refractivity (Wildman–Crippen MR) is 144 cm³/mol. The van der Waals surface area contributed by atoms with Crippen molar-refractivity contribution in [3.8, 4) is 0 Å². The van der Waals surface area contributed by atoms with Crippen LogP contribution in [-0.2, 0) is 71.5 Å². The molecular formula is C26H37ClN2O16. The van der Waals surface area contributed by atoms with E-state index in [4.69, 9.17) is 49.5 Å². The van der Waals surface area contributed by atoms with Crippen LogP contribution in [0.3, 0.4) is 0 Å². The number of aliphatic hydroxyl groups is 1. The van der Waals surface area contributed by atoms with Gasteiger partial charge >= 0.3 is 29.8 Å². The lowest BCUT2D eigenvalue weighted by Gasteiger charge is -2.50. The third kappa shape index (κ3) is 11.1. The Morgan fingerprint density at radius 3 is 1.60 bits per heavy atom. The first-order valence-electron chi connectivity index (χ1n) is 13.5. The van der Waals surface area contributed by atoms with Crippen molar-refractivity contribution in [1.29, 1.82) is 0 Å². The fourth-order valence-electron chi connectivity index (χ4n) is 4.73. The molecule has 3 N–H and O–H groups in total. The lowest BCUT2D eigenvalue weighted by atomic mass is 9.93. The summed E-state index contributed by atoms with van der Waals surface area (Å²) < 4.78 is 44.0. The number of halogens is 1. The Morgan fingerprint density at radius 1 is 0.667 bits per heavy atom. The van der Waals surface area contributed by atoms with Crippen LogP contribution in [0.5, 0.6) is 0 Å². The van der Waals surface area contributed by atoms with Crippen molar-refractivity contribution in [3.05, 3.63) is 0 Å². The molecule has 2 rings (SSSR count). The number of esters is 5. The van der Waals surface area contributed by atoms with Crippen molar-refractivity contribution < 1.29 is 76.6 Å². The molecule has 0 radical (unpaired) electrons. The quantitative estimate of drug-likeness (QED) is 0.126. The van der Waals surface area contributed by atoms with E-state index in [1.54, 1.807) is 0 Å². The molecule has 45 heavy (non-hydrogen) atoms. The summed E-state index contributed by atoms with van der Waals surface area (Å²) in [6.07, 6.45) is -10.9. The van der Waals surface area contributed by atoms with E-state index < -0.39 is 115 Å². The Kier molecular flexibility index (Phi) is 13.5. The summed E-state index contributed by atoms with van der Waals surface area (Å²) in [4.78, 5) is 84.1. The molecule has 0 aliphatic carbocycles. The van der Waals surface area contributed by atoms with Crippen LogP contribution in [0.2, 0.25) is 0 Å². The molecule has 2 aliphatic heterocycles. The molecule has 19 heteroatoms. The number of hydrogen-bond acceptors (Lipinski definition) is 16. The van der Waals surface area contributed by atoms with Gasteiger partial charge in [-0.1, -0.05) is 11.6 Å². The first-order valence-corrected chi connectivity index (χ1v) is 13.9. The average molecular weight is 669 g/mol. The molecule has 0 aromatic rings. The summed E-state index contributed by atoms with van der Waals surface area (Å²) >= 11 is 6.21. The maximum absolute atomic E-state index is 12.3. The van der Waals surface area contributed by atoms with Crippen LogP contribution >= 0.6 is 11.6 Å². The van der Waals surface area contributed by atoms with Crippen LogP contribution in [0.15, 0.2) is 0 Å².